The van der Waals surface area contributed by atoms with Gasteiger partial charge in [0, 0.05) is 6.42 Å². The van der Waals surface area contributed by atoms with Gasteiger partial charge in [-0.3, -0.25) is 4.79 Å². The summed E-state index contributed by atoms with van der Waals surface area (Å²) in [4.78, 5) is 11.6. The lowest BCUT2D eigenvalue weighted by Gasteiger charge is -2.21. The second-order valence-electron chi connectivity index (χ2n) is 4.88. The maximum absolute atomic E-state index is 11.6. The number of ether oxygens (including phenoxy) is 1. The fraction of sp³-hybridized carbons (Fsp3) is 0.533. The number of piperidine rings is 1. The van der Waals surface area contributed by atoms with Crippen molar-refractivity contribution >= 4 is 18.4 Å². The van der Waals surface area contributed by atoms with Crippen LogP contribution < -0.4 is 5.32 Å². The molecule has 0 aromatic heterocycles. The van der Waals surface area contributed by atoms with Crippen molar-refractivity contribution in [3.8, 4) is 0 Å². The van der Waals surface area contributed by atoms with Gasteiger partial charge in [-0.2, -0.15) is 0 Å². The Bertz CT molecular complexity index is 364. The predicted octanol–water partition coefficient (Wildman–Crippen LogP) is 2.93. The second-order valence-corrected chi connectivity index (χ2v) is 4.88. The SMILES string of the molecule is Cl.O=C(CCC1CCNCC1)OCc1ccccc1. The third-order valence-electron chi connectivity index (χ3n) is 3.46. The van der Waals surface area contributed by atoms with Crippen LogP contribution in [0.15, 0.2) is 30.3 Å². The summed E-state index contributed by atoms with van der Waals surface area (Å²) in [7, 11) is 0. The number of nitrogens with one attached hydrogen (secondary N) is 1. The van der Waals surface area contributed by atoms with E-state index in [1.54, 1.807) is 0 Å². The maximum atomic E-state index is 11.6. The average molecular weight is 284 g/mol. The first-order valence-corrected chi connectivity index (χ1v) is 6.75. The fourth-order valence-corrected chi connectivity index (χ4v) is 2.30. The van der Waals surface area contributed by atoms with E-state index in [1.165, 1.54) is 12.8 Å². The zero-order valence-electron chi connectivity index (χ0n) is 11.1. The van der Waals surface area contributed by atoms with E-state index in [0.717, 1.165) is 25.1 Å². The molecule has 1 aliphatic rings. The molecule has 1 N–H and O–H groups in total. The third-order valence-corrected chi connectivity index (χ3v) is 3.46. The van der Waals surface area contributed by atoms with Crippen molar-refractivity contribution in [3.05, 3.63) is 35.9 Å². The van der Waals surface area contributed by atoms with Gasteiger partial charge >= 0.3 is 5.97 Å². The van der Waals surface area contributed by atoms with E-state index in [1.807, 2.05) is 30.3 Å². The topological polar surface area (TPSA) is 38.3 Å². The number of carbonyl (C=O) groups excluding carboxylic acids is 1. The van der Waals surface area contributed by atoms with E-state index < -0.39 is 0 Å². The summed E-state index contributed by atoms with van der Waals surface area (Å²) in [6.45, 7) is 2.57. The van der Waals surface area contributed by atoms with Crippen LogP contribution in [0.1, 0.15) is 31.2 Å². The van der Waals surface area contributed by atoms with Crippen molar-refractivity contribution in [1.82, 2.24) is 5.32 Å². The molecule has 19 heavy (non-hydrogen) atoms. The minimum atomic E-state index is -0.0719. The normalized spacial score (nSPS) is 15.6. The van der Waals surface area contributed by atoms with E-state index in [4.69, 9.17) is 4.74 Å². The molecule has 106 valence electrons. The molecule has 1 aromatic rings. The Labute approximate surface area is 121 Å². The quantitative estimate of drug-likeness (QED) is 0.845. The van der Waals surface area contributed by atoms with Crippen LogP contribution in [0.4, 0.5) is 0 Å². The van der Waals surface area contributed by atoms with E-state index in [9.17, 15) is 4.79 Å². The molecule has 2 rings (SSSR count). The fourth-order valence-electron chi connectivity index (χ4n) is 2.30. The smallest absolute Gasteiger partial charge is 0.306 e. The first kappa shape index (κ1) is 16.0. The standard InChI is InChI=1S/C15H21NO2.ClH/c17-15(7-6-13-8-10-16-11-9-13)18-12-14-4-2-1-3-5-14;/h1-5,13,16H,6-12H2;1H. The van der Waals surface area contributed by atoms with E-state index in [0.29, 0.717) is 18.9 Å². The van der Waals surface area contributed by atoms with Gasteiger partial charge in [0.1, 0.15) is 6.61 Å². The molecular formula is C15H22ClNO2. The van der Waals surface area contributed by atoms with Crippen LogP contribution in [0.2, 0.25) is 0 Å². The number of halogens is 1. The van der Waals surface area contributed by atoms with Crippen molar-refractivity contribution in [1.29, 1.82) is 0 Å². The first-order chi connectivity index (χ1) is 8.84. The number of carbonyl (C=O) groups is 1. The number of benzene rings is 1. The summed E-state index contributed by atoms with van der Waals surface area (Å²) in [5.41, 5.74) is 1.05. The van der Waals surface area contributed by atoms with E-state index in [2.05, 4.69) is 5.32 Å². The van der Waals surface area contributed by atoms with Crippen molar-refractivity contribution < 1.29 is 9.53 Å². The Morgan fingerprint density at radius 2 is 1.89 bits per heavy atom. The monoisotopic (exact) mass is 283 g/mol. The van der Waals surface area contributed by atoms with Gasteiger partial charge in [-0.1, -0.05) is 30.3 Å². The molecule has 0 spiro atoms. The van der Waals surface area contributed by atoms with Crippen LogP contribution in [0.25, 0.3) is 0 Å². The van der Waals surface area contributed by atoms with Crippen LogP contribution in [-0.4, -0.2) is 19.1 Å². The first-order valence-electron chi connectivity index (χ1n) is 6.75. The highest BCUT2D eigenvalue weighted by Crippen LogP contribution is 2.18. The molecule has 0 unspecified atom stereocenters. The van der Waals surface area contributed by atoms with E-state index in [-0.39, 0.29) is 18.4 Å². The molecule has 1 heterocycles. The Balaban J connectivity index is 0.00000180. The van der Waals surface area contributed by atoms with Crippen molar-refractivity contribution in [2.75, 3.05) is 13.1 Å². The summed E-state index contributed by atoms with van der Waals surface area (Å²) in [5.74, 6) is 0.618. The van der Waals surface area contributed by atoms with Crippen LogP contribution in [0.3, 0.4) is 0 Å². The number of hydrogen-bond acceptors (Lipinski definition) is 3. The van der Waals surface area contributed by atoms with Gasteiger partial charge in [0.05, 0.1) is 0 Å². The summed E-state index contributed by atoms with van der Waals surface area (Å²) in [6, 6.07) is 9.82. The van der Waals surface area contributed by atoms with Gasteiger partial charge in [-0.15, -0.1) is 12.4 Å². The largest absolute Gasteiger partial charge is 0.461 e. The summed E-state index contributed by atoms with van der Waals surface area (Å²) in [6.07, 6.45) is 3.89. The molecule has 1 aromatic carbocycles. The van der Waals surface area contributed by atoms with Crippen LogP contribution in [-0.2, 0) is 16.1 Å². The molecular weight excluding hydrogens is 262 g/mol. The Morgan fingerprint density at radius 1 is 1.21 bits per heavy atom. The molecule has 0 bridgehead atoms. The number of esters is 1. The molecule has 0 aliphatic carbocycles. The van der Waals surface area contributed by atoms with Gasteiger partial charge in [0.15, 0.2) is 0 Å². The summed E-state index contributed by atoms with van der Waals surface area (Å²) < 4.78 is 5.26. The summed E-state index contributed by atoms with van der Waals surface area (Å²) in [5, 5.41) is 3.33. The maximum Gasteiger partial charge on any atom is 0.306 e. The highest BCUT2D eigenvalue weighted by atomic mass is 35.5. The van der Waals surface area contributed by atoms with Crippen LogP contribution >= 0.6 is 12.4 Å². The van der Waals surface area contributed by atoms with Gasteiger partial charge in [-0.25, -0.2) is 0 Å². The summed E-state index contributed by atoms with van der Waals surface area (Å²) >= 11 is 0. The molecule has 4 heteroatoms. The molecule has 1 saturated heterocycles. The molecule has 0 atom stereocenters. The minimum Gasteiger partial charge on any atom is -0.461 e. The van der Waals surface area contributed by atoms with Gasteiger partial charge < -0.3 is 10.1 Å². The lowest BCUT2D eigenvalue weighted by molar-refractivity contribution is -0.145. The third kappa shape index (κ3) is 6.08. The lowest BCUT2D eigenvalue weighted by Crippen LogP contribution is -2.28. The highest BCUT2D eigenvalue weighted by molar-refractivity contribution is 5.85. The second kappa shape index (κ2) is 8.94. The molecule has 1 fully saturated rings. The average Bonchev–Trinajstić information content (AvgIpc) is 2.45. The zero-order chi connectivity index (χ0) is 12.6. The molecule has 3 nitrogen and oxygen atoms in total. The number of hydrogen-bond donors (Lipinski definition) is 1. The predicted molar refractivity (Wildman–Crippen MR) is 78.3 cm³/mol. The molecule has 0 saturated carbocycles. The zero-order valence-corrected chi connectivity index (χ0v) is 12.0. The van der Waals surface area contributed by atoms with Crippen molar-refractivity contribution in [2.24, 2.45) is 5.92 Å². The lowest BCUT2D eigenvalue weighted by atomic mass is 9.93. The molecule has 0 radical (unpaired) electrons. The Kier molecular flexibility index (Phi) is 7.53. The van der Waals surface area contributed by atoms with Crippen molar-refractivity contribution in [2.45, 2.75) is 32.3 Å². The van der Waals surface area contributed by atoms with Gasteiger partial charge in [0.2, 0.25) is 0 Å². The van der Waals surface area contributed by atoms with Gasteiger partial charge in [-0.05, 0) is 43.8 Å². The Morgan fingerprint density at radius 3 is 2.58 bits per heavy atom. The van der Waals surface area contributed by atoms with Crippen molar-refractivity contribution in [3.63, 3.8) is 0 Å². The van der Waals surface area contributed by atoms with Crippen LogP contribution in [0.5, 0.6) is 0 Å². The van der Waals surface area contributed by atoms with E-state index >= 15 is 0 Å². The minimum absolute atomic E-state index is 0. The molecule has 1 aliphatic heterocycles. The Hall–Kier alpha value is -1.06. The van der Waals surface area contributed by atoms with Gasteiger partial charge in [0.25, 0.3) is 0 Å². The molecule has 0 amide bonds. The van der Waals surface area contributed by atoms with Crippen LogP contribution in [0, 0.1) is 5.92 Å². The highest BCUT2D eigenvalue weighted by Gasteiger charge is 2.14. The number of rotatable bonds is 5.